The van der Waals surface area contributed by atoms with Crippen molar-refractivity contribution >= 4 is 35.2 Å². The van der Waals surface area contributed by atoms with E-state index in [1.165, 1.54) is 11.8 Å². The Hall–Kier alpha value is -3.10. The average Bonchev–Trinajstić information content (AvgIpc) is 3.19. The van der Waals surface area contributed by atoms with Crippen LogP contribution in [-0.2, 0) is 17.0 Å². The highest BCUT2D eigenvalue weighted by Gasteiger charge is 2.29. The zero-order valence-electron chi connectivity index (χ0n) is 17.5. The highest BCUT2D eigenvalue weighted by Crippen LogP contribution is 2.31. The van der Waals surface area contributed by atoms with Crippen LogP contribution in [0, 0.1) is 13.8 Å². The summed E-state index contributed by atoms with van der Waals surface area (Å²) in [6.45, 7) is 3.89. The molecule has 4 rings (SSSR count). The van der Waals surface area contributed by atoms with Crippen molar-refractivity contribution in [1.29, 1.82) is 0 Å². The van der Waals surface area contributed by atoms with Gasteiger partial charge in [-0.15, -0.1) is 0 Å². The number of hydrazine groups is 1. The lowest BCUT2D eigenvalue weighted by Crippen LogP contribution is -2.47. The molecule has 1 unspecified atom stereocenters. The lowest BCUT2D eigenvalue weighted by atomic mass is 10.1. The van der Waals surface area contributed by atoms with Gasteiger partial charge >= 0.3 is 0 Å². The van der Waals surface area contributed by atoms with Crippen LogP contribution in [0.5, 0.6) is 5.75 Å². The highest BCUT2D eigenvalue weighted by molar-refractivity contribution is 7.98. The van der Waals surface area contributed by atoms with Crippen LogP contribution in [0.3, 0.4) is 0 Å². The van der Waals surface area contributed by atoms with E-state index in [-0.39, 0.29) is 0 Å². The fourth-order valence-electron chi connectivity index (χ4n) is 3.29. The van der Waals surface area contributed by atoms with Gasteiger partial charge < -0.3 is 4.74 Å². The number of carbonyl (C=O) groups excluding carboxylic acids is 2. The van der Waals surface area contributed by atoms with Gasteiger partial charge in [0.1, 0.15) is 5.75 Å². The van der Waals surface area contributed by atoms with Gasteiger partial charge in [0.05, 0.1) is 0 Å². The van der Waals surface area contributed by atoms with Gasteiger partial charge in [-0.3, -0.25) is 20.4 Å². The van der Waals surface area contributed by atoms with Gasteiger partial charge in [0.15, 0.2) is 11.3 Å². The molecule has 0 saturated heterocycles. The molecular weight excluding hydrogens is 448 g/mol. The first-order chi connectivity index (χ1) is 15.4. The third-order valence-corrected chi connectivity index (χ3v) is 5.99. The SMILES string of the molecule is Cc1cc(C)nc(SCc2ccc(C(=O)NNC(=O)C3Cc4cc(Cl)ccc4O3)cc2)n1. The second-order valence-corrected chi connectivity index (χ2v) is 8.80. The van der Waals surface area contributed by atoms with Crippen molar-refractivity contribution in [2.45, 2.75) is 37.3 Å². The number of fused-ring (bicyclic) bond motifs is 1. The summed E-state index contributed by atoms with van der Waals surface area (Å²) in [6.07, 6.45) is -0.315. The summed E-state index contributed by atoms with van der Waals surface area (Å²) in [4.78, 5) is 33.6. The van der Waals surface area contributed by atoms with E-state index < -0.39 is 17.9 Å². The quantitative estimate of drug-likeness (QED) is 0.336. The van der Waals surface area contributed by atoms with E-state index in [0.717, 1.165) is 27.7 Å². The van der Waals surface area contributed by atoms with Crippen LogP contribution in [0.15, 0.2) is 53.7 Å². The first kappa shape index (κ1) is 22.1. The van der Waals surface area contributed by atoms with Crippen LogP contribution in [0.25, 0.3) is 0 Å². The second kappa shape index (κ2) is 9.58. The van der Waals surface area contributed by atoms with Gasteiger partial charge in [-0.25, -0.2) is 9.97 Å². The third-order valence-electron chi connectivity index (χ3n) is 4.83. The normalized spacial score (nSPS) is 14.4. The van der Waals surface area contributed by atoms with E-state index in [9.17, 15) is 9.59 Å². The van der Waals surface area contributed by atoms with Gasteiger partial charge in [0.25, 0.3) is 11.8 Å². The molecule has 164 valence electrons. The molecule has 0 radical (unpaired) electrons. The number of aromatic nitrogens is 2. The molecule has 0 saturated carbocycles. The summed E-state index contributed by atoms with van der Waals surface area (Å²) in [5.74, 6) is 0.479. The minimum absolute atomic E-state index is 0.397. The molecule has 1 aliphatic heterocycles. The van der Waals surface area contributed by atoms with Crippen molar-refractivity contribution in [2.75, 3.05) is 0 Å². The van der Waals surface area contributed by atoms with Gasteiger partial charge in [0.2, 0.25) is 0 Å². The van der Waals surface area contributed by atoms with Crippen molar-refractivity contribution in [3.05, 3.63) is 81.6 Å². The smallest absolute Gasteiger partial charge is 0.279 e. The number of hydrogen-bond donors (Lipinski definition) is 2. The summed E-state index contributed by atoms with van der Waals surface area (Å²) < 4.78 is 5.62. The number of hydrogen-bond acceptors (Lipinski definition) is 6. The molecular formula is C23H21ClN4O3S. The van der Waals surface area contributed by atoms with Gasteiger partial charge in [-0.1, -0.05) is 35.5 Å². The molecule has 0 bridgehead atoms. The van der Waals surface area contributed by atoms with Gasteiger partial charge in [-0.05, 0) is 61.4 Å². The largest absolute Gasteiger partial charge is 0.480 e. The number of nitrogens with one attached hydrogen (secondary N) is 2. The standard InChI is InChI=1S/C23H21ClN4O3S/c1-13-9-14(2)26-23(25-13)32-12-15-3-5-16(6-4-15)21(29)27-28-22(30)20-11-17-10-18(24)7-8-19(17)31-20/h3-10,20H,11-12H2,1-2H3,(H,27,29)(H,28,30). The first-order valence-electron chi connectivity index (χ1n) is 9.97. The number of aryl methyl sites for hydroxylation is 2. The molecule has 1 atom stereocenters. The number of ether oxygens (including phenoxy) is 1. The Kier molecular flexibility index (Phi) is 6.62. The van der Waals surface area contributed by atoms with Crippen LogP contribution < -0.4 is 15.6 Å². The first-order valence-corrected chi connectivity index (χ1v) is 11.3. The Balaban J connectivity index is 1.27. The van der Waals surface area contributed by atoms with Crippen molar-refractivity contribution in [2.24, 2.45) is 0 Å². The molecule has 1 aromatic heterocycles. The maximum absolute atomic E-state index is 12.4. The number of benzene rings is 2. The van der Waals surface area contributed by atoms with Crippen molar-refractivity contribution in [3.8, 4) is 5.75 Å². The summed E-state index contributed by atoms with van der Waals surface area (Å²) in [6, 6.07) is 14.3. The number of rotatable bonds is 5. The van der Waals surface area contributed by atoms with Crippen molar-refractivity contribution < 1.29 is 14.3 Å². The number of thioether (sulfide) groups is 1. The van der Waals surface area contributed by atoms with Gasteiger partial charge in [-0.2, -0.15) is 0 Å². The predicted octanol–water partition coefficient (Wildman–Crippen LogP) is 3.80. The lowest BCUT2D eigenvalue weighted by molar-refractivity contribution is -0.128. The van der Waals surface area contributed by atoms with Crippen LogP contribution in [0.1, 0.15) is 32.9 Å². The molecule has 2 aromatic carbocycles. The van der Waals surface area contributed by atoms with Crippen LogP contribution in [0.4, 0.5) is 0 Å². The van der Waals surface area contributed by atoms with E-state index in [1.807, 2.05) is 32.0 Å². The molecule has 3 aromatic rings. The Labute approximate surface area is 194 Å². The monoisotopic (exact) mass is 468 g/mol. The molecule has 32 heavy (non-hydrogen) atoms. The highest BCUT2D eigenvalue weighted by atomic mass is 35.5. The molecule has 1 aliphatic rings. The second-order valence-electron chi connectivity index (χ2n) is 7.42. The Morgan fingerprint density at radius 1 is 1.06 bits per heavy atom. The molecule has 2 N–H and O–H groups in total. The van der Waals surface area contributed by atoms with Crippen molar-refractivity contribution in [1.82, 2.24) is 20.8 Å². The molecule has 2 heterocycles. The minimum atomic E-state index is -0.712. The van der Waals surface area contributed by atoms with E-state index >= 15 is 0 Å². The van der Waals surface area contributed by atoms with Crippen LogP contribution in [0.2, 0.25) is 5.02 Å². The average molecular weight is 469 g/mol. The summed E-state index contributed by atoms with van der Waals surface area (Å²) in [5.41, 5.74) is 9.07. The Bertz CT molecular complexity index is 1150. The zero-order chi connectivity index (χ0) is 22.7. The molecule has 0 aliphatic carbocycles. The Morgan fingerprint density at radius 3 is 2.50 bits per heavy atom. The summed E-state index contributed by atoms with van der Waals surface area (Å²) in [5, 5.41) is 1.32. The predicted molar refractivity (Wildman–Crippen MR) is 123 cm³/mol. The molecule has 7 nitrogen and oxygen atoms in total. The number of carbonyl (C=O) groups is 2. The fourth-order valence-corrected chi connectivity index (χ4v) is 4.39. The minimum Gasteiger partial charge on any atom is -0.480 e. The van der Waals surface area contributed by atoms with Crippen LogP contribution >= 0.6 is 23.4 Å². The Morgan fingerprint density at radius 2 is 1.78 bits per heavy atom. The maximum Gasteiger partial charge on any atom is 0.279 e. The topological polar surface area (TPSA) is 93.2 Å². The summed E-state index contributed by atoms with van der Waals surface area (Å²) in [7, 11) is 0. The van der Waals surface area contributed by atoms with Crippen molar-refractivity contribution in [3.63, 3.8) is 0 Å². The maximum atomic E-state index is 12.4. The van der Waals surface area contributed by atoms with E-state index in [0.29, 0.717) is 28.5 Å². The van der Waals surface area contributed by atoms with Crippen LogP contribution in [-0.4, -0.2) is 27.9 Å². The molecule has 0 spiro atoms. The lowest BCUT2D eigenvalue weighted by Gasteiger charge is -2.12. The molecule has 0 fully saturated rings. The van der Waals surface area contributed by atoms with Gasteiger partial charge in [0, 0.05) is 34.1 Å². The van der Waals surface area contributed by atoms with E-state index in [4.69, 9.17) is 16.3 Å². The number of halogens is 1. The summed E-state index contributed by atoms with van der Waals surface area (Å²) >= 11 is 7.51. The van der Waals surface area contributed by atoms with E-state index in [1.54, 1.807) is 30.3 Å². The zero-order valence-corrected chi connectivity index (χ0v) is 19.1. The number of nitrogens with zero attached hydrogens (tertiary/aromatic N) is 2. The third kappa shape index (κ3) is 5.38. The fraction of sp³-hybridized carbons (Fsp3) is 0.217. The molecule has 2 amide bonds. The van der Waals surface area contributed by atoms with E-state index in [2.05, 4.69) is 20.8 Å². The molecule has 9 heteroatoms. The number of amides is 2.